The zero-order chi connectivity index (χ0) is 16.8. The second-order valence-corrected chi connectivity index (χ2v) is 5.38. The maximum Gasteiger partial charge on any atom is 0.387 e. The highest BCUT2D eigenvalue weighted by molar-refractivity contribution is 5.74. The van der Waals surface area contributed by atoms with E-state index in [2.05, 4.69) is 15.4 Å². The second-order valence-electron chi connectivity index (χ2n) is 5.38. The smallest absolute Gasteiger partial charge is 0.387 e. The maximum absolute atomic E-state index is 13.7. The Kier molecular flexibility index (Phi) is 6.09. The van der Waals surface area contributed by atoms with E-state index in [1.807, 2.05) is 0 Å². The fourth-order valence-electron chi connectivity index (χ4n) is 2.58. The van der Waals surface area contributed by atoms with Crippen LogP contribution in [0.3, 0.4) is 0 Å². The molecule has 1 fully saturated rings. The van der Waals surface area contributed by atoms with Gasteiger partial charge in [0.05, 0.1) is 18.7 Å². The number of aliphatic hydroxyl groups excluding tert-OH is 1. The van der Waals surface area contributed by atoms with Crippen LogP contribution in [0.25, 0.3) is 0 Å². The fourth-order valence-corrected chi connectivity index (χ4v) is 2.58. The number of carbonyl (C=O) groups excluding carboxylic acids is 1. The maximum atomic E-state index is 13.7. The van der Waals surface area contributed by atoms with Crippen molar-refractivity contribution < 1.29 is 27.8 Å². The van der Waals surface area contributed by atoms with Crippen molar-refractivity contribution in [3.05, 3.63) is 29.6 Å². The summed E-state index contributed by atoms with van der Waals surface area (Å²) in [6, 6.07) is 2.59. The minimum Gasteiger partial charge on any atom is -0.434 e. The van der Waals surface area contributed by atoms with E-state index in [-0.39, 0.29) is 23.9 Å². The van der Waals surface area contributed by atoms with Crippen LogP contribution in [0.5, 0.6) is 5.75 Å². The van der Waals surface area contributed by atoms with Gasteiger partial charge < -0.3 is 20.5 Å². The summed E-state index contributed by atoms with van der Waals surface area (Å²) in [5.74, 6) is -1.07. The summed E-state index contributed by atoms with van der Waals surface area (Å²) in [7, 11) is 0. The van der Waals surface area contributed by atoms with E-state index in [1.165, 1.54) is 12.1 Å². The summed E-state index contributed by atoms with van der Waals surface area (Å²) in [5, 5.41) is 14.8. The SMILES string of the molecule is O=C(NCc1c(F)cccc1OC(F)F)NC1CCCCC1O. The Morgan fingerprint density at radius 2 is 2.09 bits per heavy atom. The lowest BCUT2D eigenvalue weighted by Gasteiger charge is -2.28. The first-order chi connectivity index (χ1) is 11.0. The van der Waals surface area contributed by atoms with Gasteiger partial charge in [0.1, 0.15) is 11.6 Å². The van der Waals surface area contributed by atoms with Crippen LogP contribution in [0.2, 0.25) is 0 Å². The molecule has 1 aliphatic carbocycles. The van der Waals surface area contributed by atoms with Crippen molar-refractivity contribution in [2.75, 3.05) is 0 Å². The van der Waals surface area contributed by atoms with Gasteiger partial charge in [-0.1, -0.05) is 18.9 Å². The van der Waals surface area contributed by atoms with Crippen molar-refractivity contribution in [2.24, 2.45) is 0 Å². The molecule has 1 aromatic rings. The van der Waals surface area contributed by atoms with Gasteiger partial charge in [0, 0.05) is 5.56 Å². The molecule has 3 N–H and O–H groups in total. The van der Waals surface area contributed by atoms with Crippen molar-refractivity contribution in [3.63, 3.8) is 0 Å². The molecular formula is C15H19F3N2O3. The molecule has 2 atom stereocenters. The molecule has 2 unspecified atom stereocenters. The van der Waals surface area contributed by atoms with E-state index in [4.69, 9.17) is 0 Å². The summed E-state index contributed by atoms with van der Waals surface area (Å²) in [4.78, 5) is 11.8. The molecule has 0 spiro atoms. The van der Waals surface area contributed by atoms with Gasteiger partial charge in [-0.05, 0) is 25.0 Å². The standard InChI is InChI=1S/C15H19F3N2O3/c16-10-4-3-7-13(23-14(17)18)9(10)8-19-15(22)20-11-5-1-2-6-12(11)21/h3-4,7,11-12,14,21H,1-2,5-6,8H2,(H2,19,20,22). The van der Waals surface area contributed by atoms with Crippen molar-refractivity contribution in [2.45, 2.75) is 51.0 Å². The van der Waals surface area contributed by atoms with E-state index in [9.17, 15) is 23.1 Å². The molecular weight excluding hydrogens is 313 g/mol. The Morgan fingerprint density at radius 1 is 1.35 bits per heavy atom. The molecule has 1 aliphatic rings. The van der Waals surface area contributed by atoms with E-state index in [0.29, 0.717) is 12.8 Å². The molecule has 1 saturated carbocycles. The molecule has 8 heteroatoms. The van der Waals surface area contributed by atoms with Gasteiger partial charge in [-0.3, -0.25) is 0 Å². The number of ether oxygens (including phenoxy) is 1. The molecule has 0 aromatic heterocycles. The van der Waals surface area contributed by atoms with Crippen molar-refractivity contribution in [3.8, 4) is 5.75 Å². The number of hydrogen-bond acceptors (Lipinski definition) is 3. The first-order valence-electron chi connectivity index (χ1n) is 7.42. The van der Waals surface area contributed by atoms with Crippen molar-refractivity contribution in [1.82, 2.24) is 10.6 Å². The molecule has 23 heavy (non-hydrogen) atoms. The number of urea groups is 1. The zero-order valence-corrected chi connectivity index (χ0v) is 12.4. The van der Waals surface area contributed by atoms with E-state index in [1.54, 1.807) is 0 Å². The van der Waals surface area contributed by atoms with Gasteiger partial charge in [0.25, 0.3) is 0 Å². The van der Waals surface area contributed by atoms with Gasteiger partial charge >= 0.3 is 12.6 Å². The highest BCUT2D eigenvalue weighted by atomic mass is 19.3. The largest absolute Gasteiger partial charge is 0.434 e. The Balaban J connectivity index is 1.93. The van der Waals surface area contributed by atoms with Crippen LogP contribution in [0.15, 0.2) is 18.2 Å². The van der Waals surface area contributed by atoms with Crippen LogP contribution in [-0.2, 0) is 6.54 Å². The number of halogens is 3. The Morgan fingerprint density at radius 3 is 2.78 bits per heavy atom. The van der Waals surface area contributed by atoms with Crippen LogP contribution in [0, 0.1) is 5.82 Å². The summed E-state index contributed by atoms with van der Waals surface area (Å²) >= 11 is 0. The predicted molar refractivity (Wildman–Crippen MR) is 76.7 cm³/mol. The third kappa shape index (κ3) is 5.02. The monoisotopic (exact) mass is 332 g/mol. The van der Waals surface area contributed by atoms with Gasteiger partial charge in [-0.25, -0.2) is 9.18 Å². The van der Waals surface area contributed by atoms with Crippen LogP contribution >= 0.6 is 0 Å². The molecule has 0 aliphatic heterocycles. The molecule has 2 amide bonds. The van der Waals surface area contributed by atoms with E-state index < -0.39 is 24.6 Å². The lowest BCUT2D eigenvalue weighted by atomic mass is 9.93. The molecule has 0 saturated heterocycles. The van der Waals surface area contributed by atoms with Gasteiger partial charge in [-0.2, -0.15) is 8.78 Å². The van der Waals surface area contributed by atoms with Crippen LogP contribution in [0.4, 0.5) is 18.0 Å². The quantitative estimate of drug-likeness (QED) is 0.776. The average Bonchev–Trinajstić information content (AvgIpc) is 2.48. The number of aliphatic hydroxyl groups is 1. The molecule has 1 aromatic carbocycles. The first-order valence-corrected chi connectivity index (χ1v) is 7.42. The topological polar surface area (TPSA) is 70.6 Å². The van der Waals surface area contributed by atoms with Crippen molar-refractivity contribution in [1.29, 1.82) is 0 Å². The molecule has 2 rings (SSSR count). The second kappa shape index (κ2) is 8.05. The Labute approximate surface area is 131 Å². The summed E-state index contributed by atoms with van der Waals surface area (Å²) in [6.07, 6.45) is 2.48. The number of benzene rings is 1. The van der Waals surface area contributed by atoms with Gasteiger partial charge in [-0.15, -0.1) is 0 Å². The third-order valence-electron chi connectivity index (χ3n) is 3.76. The van der Waals surface area contributed by atoms with Crippen LogP contribution in [-0.4, -0.2) is 29.9 Å². The first kappa shape index (κ1) is 17.4. The predicted octanol–water partition coefficient (Wildman–Crippen LogP) is 2.53. The average molecular weight is 332 g/mol. The minimum absolute atomic E-state index is 0.160. The summed E-state index contributed by atoms with van der Waals surface area (Å²) in [5.41, 5.74) is -0.160. The number of amides is 2. The lowest BCUT2D eigenvalue weighted by molar-refractivity contribution is -0.0506. The number of nitrogens with one attached hydrogen (secondary N) is 2. The Hall–Kier alpha value is -1.96. The highest BCUT2D eigenvalue weighted by Crippen LogP contribution is 2.23. The fraction of sp³-hybridized carbons (Fsp3) is 0.533. The van der Waals surface area contributed by atoms with E-state index in [0.717, 1.165) is 18.9 Å². The molecule has 0 radical (unpaired) electrons. The molecule has 128 valence electrons. The third-order valence-corrected chi connectivity index (χ3v) is 3.76. The zero-order valence-electron chi connectivity index (χ0n) is 12.4. The number of hydrogen-bond donors (Lipinski definition) is 3. The molecule has 0 bridgehead atoms. The normalized spacial score (nSPS) is 21.1. The molecule has 0 heterocycles. The lowest BCUT2D eigenvalue weighted by Crippen LogP contribution is -2.48. The highest BCUT2D eigenvalue weighted by Gasteiger charge is 2.24. The number of carbonyl (C=O) groups is 1. The van der Waals surface area contributed by atoms with Crippen LogP contribution < -0.4 is 15.4 Å². The summed E-state index contributed by atoms with van der Waals surface area (Å²) in [6.45, 7) is -3.38. The van der Waals surface area contributed by atoms with Gasteiger partial charge in [0.2, 0.25) is 0 Å². The van der Waals surface area contributed by atoms with Crippen LogP contribution in [0.1, 0.15) is 31.2 Å². The number of rotatable bonds is 5. The van der Waals surface area contributed by atoms with Gasteiger partial charge in [0.15, 0.2) is 0 Å². The molecule has 5 nitrogen and oxygen atoms in total. The number of alkyl halides is 2. The van der Waals surface area contributed by atoms with E-state index >= 15 is 0 Å². The Bertz CT molecular complexity index is 543. The summed E-state index contributed by atoms with van der Waals surface area (Å²) < 4.78 is 42.6. The van der Waals surface area contributed by atoms with Crippen molar-refractivity contribution >= 4 is 6.03 Å². The minimum atomic E-state index is -3.08.